The SMILES string of the molecule is CCCCN(CC)CCCNC(=O)COCc1cc(-c2ccc(F)cc2)on1. The average Bonchev–Trinajstić information content (AvgIpc) is 3.17. The van der Waals surface area contributed by atoms with Crippen LogP contribution in [0.25, 0.3) is 11.3 Å². The summed E-state index contributed by atoms with van der Waals surface area (Å²) in [5.41, 5.74) is 1.32. The van der Waals surface area contributed by atoms with Crippen LogP contribution < -0.4 is 5.32 Å². The van der Waals surface area contributed by atoms with Crippen molar-refractivity contribution in [3.63, 3.8) is 0 Å². The van der Waals surface area contributed by atoms with Gasteiger partial charge in [0, 0.05) is 18.2 Å². The molecular formula is C21H30FN3O3. The Balaban J connectivity index is 1.61. The third-order valence-corrected chi connectivity index (χ3v) is 4.42. The van der Waals surface area contributed by atoms with Crippen LogP contribution in [0.3, 0.4) is 0 Å². The maximum Gasteiger partial charge on any atom is 0.246 e. The predicted octanol–water partition coefficient (Wildman–Crippen LogP) is 3.63. The summed E-state index contributed by atoms with van der Waals surface area (Å²) in [6.45, 7) is 8.29. The molecule has 1 aromatic heterocycles. The Labute approximate surface area is 166 Å². The van der Waals surface area contributed by atoms with Crippen LogP contribution in [0.4, 0.5) is 4.39 Å². The van der Waals surface area contributed by atoms with Crippen LogP contribution in [0.2, 0.25) is 0 Å². The van der Waals surface area contributed by atoms with Crippen LogP contribution in [0, 0.1) is 5.82 Å². The molecule has 2 rings (SSSR count). The molecule has 0 spiro atoms. The molecule has 1 aromatic carbocycles. The fourth-order valence-corrected chi connectivity index (χ4v) is 2.77. The topological polar surface area (TPSA) is 67.6 Å². The van der Waals surface area contributed by atoms with Gasteiger partial charge in [-0.1, -0.05) is 25.4 Å². The Morgan fingerprint density at radius 3 is 2.68 bits per heavy atom. The first-order chi connectivity index (χ1) is 13.6. The lowest BCUT2D eigenvalue weighted by Crippen LogP contribution is -2.32. The van der Waals surface area contributed by atoms with Crippen LogP contribution in [0.15, 0.2) is 34.9 Å². The molecule has 6 nitrogen and oxygen atoms in total. The van der Waals surface area contributed by atoms with E-state index in [2.05, 4.69) is 29.2 Å². The monoisotopic (exact) mass is 391 g/mol. The van der Waals surface area contributed by atoms with E-state index >= 15 is 0 Å². The van der Waals surface area contributed by atoms with Crippen molar-refractivity contribution in [3.05, 3.63) is 41.8 Å². The van der Waals surface area contributed by atoms with Crippen LogP contribution >= 0.6 is 0 Å². The highest BCUT2D eigenvalue weighted by Crippen LogP contribution is 2.20. The lowest BCUT2D eigenvalue weighted by Gasteiger charge is -2.19. The summed E-state index contributed by atoms with van der Waals surface area (Å²) in [5, 5.41) is 6.78. The zero-order chi connectivity index (χ0) is 20.2. The van der Waals surface area contributed by atoms with Gasteiger partial charge < -0.3 is 19.5 Å². The van der Waals surface area contributed by atoms with E-state index in [-0.39, 0.29) is 24.9 Å². The number of nitrogens with one attached hydrogen (secondary N) is 1. The van der Waals surface area contributed by atoms with Crippen LogP contribution in [-0.4, -0.2) is 48.7 Å². The number of rotatable bonds is 13. The quantitative estimate of drug-likeness (QED) is 0.528. The minimum absolute atomic E-state index is 0.0218. The lowest BCUT2D eigenvalue weighted by molar-refractivity contribution is -0.126. The lowest BCUT2D eigenvalue weighted by atomic mass is 10.1. The molecule has 0 aliphatic heterocycles. The van der Waals surface area contributed by atoms with E-state index in [0.29, 0.717) is 18.0 Å². The smallest absolute Gasteiger partial charge is 0.246 e. The number of hydrogen-bond donors (Lipinski definition) is 1. The number of amides is 1. The molecule has 0 radical (unpaired) electrons. The van der Waals surface area contributed by atoms with Crippen LogP contribution in [-0.2, 0) is 16.1 Å². The maximum atomic E-state index is 13.0. The van der Waals surface area contributed by atoms with E-state index in [9.17, 15) is 9.18 Å². The minimum Gasteiger partial charge on any atom is -0.365 e. The Hall–Kier alpha value is -2.25. The van der Waals surface area contributed by atoms with Gasteiger partial charge in [0.1, 0.15) is 18.1 Å². The number of benzene rings is 1. The van der Waals surface area contributed by atoms with Gasteiger partial charge in [0.2, 0.25) is 5.91 Å². The number of hydrogen-bond acceptors (Lipinski definition) is 5. The first kappa shape index (κ1) is 22.0. The van der Waals surface area contributed by atoms with Crippen molar-refractivity contribution in [1.29, 1.82) is 0 Å². The summed E-state index contributed by atoms with van der Waals surface area (Å²) in [5.74, 6) is 0.0895. The number of ether oxygens (including phenoxy) is 1. The van der Waals surface area contributed by atoms with E-state index in [1.54, 1.807) is 18.2 Å². The number of unbranched alkanes of at least 4 members (excludes halogenated alkanes) is 1. The van der Waals surface area contributed by atoms with E-state index in [4.69, 9.17) is 9.26 Å². The van der Waals surface area contributed by atoms with E-state index in [1.807, 2.05) is 0 Å². The molecule has 1 N–H and O–H groups in total. The van der Waals surface area contributed by atoms with Crippen molar-refractivity contribution in [3.8, 4) is 11.3 Å². The van der Waals surface area contributed by atoms with E-state index < -0.39 is 0 Å². The summed E-state index contributed by atoms with van der Waals surface area (Å²) in [6.07, 6.45) is 3.33. The molecule has 0 atom stereocenters. The van der Waals surface area contributed by atoms with E-state index in [0.717, 1.165) is 31.6 Å². The highest BCUT2D eigenvalue weighted by molar-refractivity contribution is 5.77. The first-order valence-electron chi connectivity index (χ1n) is 9.90. The molecule has 7 heteroatoms. The second kappa shape index (κ2) is 12.3. The fraction of sp³-hybridized carbons (Fsp3) is 0.524. The van der Waals surface area contributed by atoms with Gasteiger partial charge in [-0.3, -0.25) is 4.79 Å². The molecule has 0 aliphatic rings. The second-order valence-electron chi connectivity index (χ2n) is 6.67. The third kappa shape index (κ3) is 7.78. The fourth-order valence-electron chi connectivity index (χ4n) is 2.77. The first-order valence-corrected chi connectivity index (χ1v) is 9.90. The average molecular weight is 391 g/mol. The van der Waals surface area contributed by atoms with Gasteiger partial charge in [-0.15, -0.1) is 0 Å². The Morgan fingerprint density at radius 1 is 1.21 bits per heavy atom. The molecule has 2 aromatic rings. The second-order valence-corrected chi connectivity index (χ2v) is 6.67. The number of aromatic nitrogens is 1. The van der Waals surface area contributed by atoms with Crippen molar-refractivity contribution < 1.29 is 18.4 Å². The number of carbonyl (C=O) groups excluding carboxylic acids is 1. The molecule has 154 valence electrons. The number of carbonyl (C=O) groups is 1. The van der Waals surface area contributed by atoms with Gasteiger partial charge in [0.25, 0.3) is 0 Å². The molecule has 1 heterocycles. The van der Waals surface area contributed by atoms with Crippen molar-refractivity contribution in [2.24, 2.45) is 0 Å². The zero-order valence-corrected chi connectivity index (χ0v) is 16.7. The largest absolute Gasteiger partial charge is 0.365 e. The summed E-state index contributed by atoms with van der Waals surface area (Å²) in [6, 6.07) is 7.69. The molecule has 0 fully saturated rings. The number of nitrogens with zero attached hydrogens (tertiary/aromatic N) is 2. The molecular weight excluding hydrogens is 361 g/mol. The summed E-state index contributed by atoms with van der Waals surface area (Å²) >= 11 is 0. The van der Waals surface area contributed by atoms with Crippen molar-refractivity contribution in [2.45, 2.75) is 39.7 Å². The Kier molecular flexibility index (Phi) is 9.65. The summed E-state index contributed by atoms with van der Waals surface area (Å²) < 4.78 is 23.6. The van der Waals surface area contributed by atoms with Crippen molar-refractivity contribution in [1.82, 2.24) is 15.4 Å². The van der Waals surface area contributed by atoms with Gasteiger partial charge in [0.05, 0.1) is 6.61 Å². The Morgan fingerprint density at radius 2 is 1.96 bits per heavy atom. The van der Waals surface area contributed by atoms with Gasteiger partial charge in [-0.2, -0.15) is 0 Å². The van der Waals surface area contributed by atoms with E-state index in [1.165, 1.54) is 25.0 Å². The molecule has 0 saturated carbocycles. The normalized spacial score (nSPS) is 11.1. The molecule has 0 saturated heterocycles. The third-order valence-electron chi connectivity index (χ3n) is 4.42. The highest BCUT2D eigenvalue weighted by Gasteiger charge is 2.08. The van der Waals surface area contributed by atoms with Crippen molar-refractivity contribution >= 4 is 5.91 Å². The van der Waals surface area contributed by atoms with Gasteiger partial charge in [-0.05, 0) is 56.7 Å². The van der Waals surface area contributed by atoms with Gasteiger partial charge >= 0.3 is 0 Å². The highest BCUT2D eigenvalue weighted by atomic mass is 19.1. The molecule has 0 unspecified atom stereocenters. The van der Waals surface area contributed by atoms with Crippen molar-refractivity contribution in [2.75, 3.05) is 32.8 Å². The Bertz CT molecular complexity index is 703. The summed E-state index contributed by atoms with van der Waals surface area (Å²) in [4.78, 5) is 14.2. The predicted molar refractivity (Wildman–Crippen MR) is 106 cm³/mol. The number of halogens is 1. The van der Waals surface area contributed by atoms with Crippen LogP contribution in [0.1, 0.15) is 38.8 Å². The van der Waals surface area contributed by atoms with Crippen LogP contribution in [0.5, 0.6) is 0 Å². The summed E-state index contributed by atoms with van der Waals surface area (Å²) in [7, 11) is 0. The molecule has 1 amide bonds. The maximum absolute atomic E-state index is 13.0. The molecule has 0 bridgehead atoms. The standard InChI is InChI=1S/C21H30FN3O3/c1-3-5-12-25(4-2)13-6-11-23-21(26)16-27-15-19-14-20(28-24-19)17-7-9-18(22)10-8-17/h7-10,14H,3-6,11-13,15-16H2,1-2H3,(H,23,26). The molecule has 28 heavy (non-hydrogen) atoms. The molecule has 0 aliphatic carbocycles. The van der Waals surface area contributed by atoms with Gasteiger partial charge in [0.15, 0.2) is 5.76 Å². The zero-order valence-electron chi connectivity index (χ0n) is 16.7. The van der Waals surface area contributed by atoms with Gasteiger partial charge in [-0.25, -0.2) is 4.39 Å². The minimum atomic E-state index is -0.304.